The van der Waals surface area contributed by atoms with Gasteiger partial charge in [0.05, 0.1) is 6.61 Å². The molecule has 1 aromatic heterocycles. The monoisotopic (exact) mass is 243 g/mol. The number of aliphatic hydroxyl groups excluding tert-OH is 1. The summed E-state index contributed by atoms with van der Waals surface area (Å²) in [5.41, 5.74) is 5.58. The first kappa shape index (κ1) is 11.4. The lowest BCUT2D eigenvalue weighted by molar-refractivity contribution is -0.00637. The Bertz CT molecular complexity index is 448. The SMILES string of the molecule is Cc1cn([C@H]2CS[C@@H](CO)O2)c(=O)nc1N. The van der Waals surface area contributed by atoms with Crippen LogP contribution in [0.2, 0.25) is 0 Å². The first-order chi connectivity index (χ1) is 7.61. The molecule has 2 heterocycles. The van der Waals surface area contributed by atoms with E-state index in [1.807, 2.05) is 0 Å². The number of nitrogens with zero attached hydrogens (tertiary/aromatic N) is 2. The minimum atomic E-state index is -0.424. The lowest BCUT2D eigenvalue weighted by Gasteiger charge is -2.14. The molecule has 0 amide bonds. The fourth-order valence-electron chi connectivity index (χ4n) is 1.47. The van der Waals surface area contributed by atoms with Crippen molar-refractivity contribution in [2.45, 2.75) is 18.6 Å². The third-order valence-electron chi connectivity index (χ3n) is 2.37. The Hall–Kier alpha value is -1.05. The summed E-state index contributed by atoms with van der Waals surface area (Å²) in [7, 11) is 0. The molecule has 1 aromatic rings. The highest BCUT2D eigenvalue weighted by molar-refractivity contribution is 8.00. The van der Waals surface area contributed by atoms with Gasteiger partial charge in [0.1, 0.15) is 17.5 Å². The molecule has 6 nitrogen and oxygen atoms in total. The van der Waals surface area contributed by atoms with Gasteiger partial charge in [-0.05, 0) is 6.92 Å². The summed E-state index contributed by atoms with van der Waals surface area (Å²) in [6.07, 6.45) is 1.26. The van der Waals surface area contributed by atoms with Crippen LogP contribution in [0.3, 0.4) is 0 Å². The van der Waals surface area contributed by atoms with E-state index in [9.17, 15) is 4.79 Å². The van der Waals surface area contributed by atoms with Crippen molar-refractivity contribution in [2.24, 2.45) is 0 Å². The Morgan fingerprint density at radius 1 is 1.81 bits per heavy atom. The van der Waals surface area contributed by atoms with E-state index in [1.165, 1.54) is 16.3 Å². The van der Waals surface area contributed by atoms with Gasteiger partial charge in [0.25, 0.3) is 0 Å². The van der Waals surface area contributed by atoms with E-state index in [1.54, 1.807) is 13.1 Å². The normalized spacial score (nSPS) is 24.9. The first-order valence-electron chi connectivity index (χ1n) is 4.85. The molecule has 0 unspecified atom stereocenters. The van der Waals surface area contributed by atoms with Crippen molar-refractivity contribution < 1.29 is 9.84 Å². The molecular weight excluding hydrogens is 230 g/mol. The summed E-state index contributed by atoms with van der Waals surface area (Å²) in [6, 6.07) is 0. The van der Waals surface area contributed by atoms with Crippen molar-refractivity contribution in [3.8, 4) is 0 Å². The average Bonchev–Trinajstić information content (AvgIpc) is 2.71. The highest BCUT2D eigenvalue weighted by Crippen LogP contribution is 2.30. The molecule has 1 aliphatic heterocycles. The number of nitrogens with two attached hydrogens (primary N) is 1. The summed E-state index contributed by atoms with van der Waals surface area (Å²) in [5.74, 6) is 0.863. The number of aliphatic hydroxyl groups is 1. The van der Waals surface area contributed by atoms with Crippen LogP contribution < -0.4 is 11.4 Å². The van der Waals surface area contributed by atoms with Gasteiger partial charge < -0.3 is 15.6 Å². The minimum Gasteiger partial charge on any atom is -0.393 e. The Morgan fingerprint density at radius 3 is 3.19 bits per heavy atom. The number of aryl methyl sites for hydroxylation is 1. The van der Waals surface area contributed by atoms with E-state index >= 15 is 0 Å². The number of ether oxygens (including phenoxy) is 1. The Balaban J connectivity index is 2.28. The van der Waals surface area contributed by atoms with Crippen molar-refractivity contribution in [1.29, 1.82) is 0 Å². The van der Waals surface area contributed by atoms with Gasteiger partial charge in [-0.15, -0.1) is 11.8 Å². The van der Waals surface area contributed by atoms with Gasteiger partial charge in [-0.2, -0.15) is 4.98 Å². The van der Waals surface area contributed by atoms with Crippen LogP contribution in [-0.4, -0.2) is 32.5 Å². The third kappa shape index (κ3) is 2.06. The van der Waals surface area contributed by atoms with Crippen LogP contribution in [-0.2, 0) is 4.74 Å². The number of hydrogen-bond acceptors (Lipinski definition) is 6. The fraction of sp³-hybridized carbons (Fsp3) is 0.556. The molecule has 2 atom stereocenters. The fourth-order valence-corrected chi connectivity index (χ4v) is 2.40. The number of aromatic nitrogens is 2. The first-order valence-corrected chi connectivity index (χ1v) is 5.90. The Kier molecular flexibility index (Phi) is 3.17. The molecule has 1 saturated heterocycles. The maximum Gasteiger partial charge on any atom is 0.351 e. The lowest BCUT2D eigenvalue weighted by Crippen LogP contribution is -2.29. The second-order valence-electron chi connectivity index (χ2n) is 3.54. The zero-order valence-electron chi connectivity index (χ0n) is 8.79. The number of anilines is 1. The van der Waals surface area contributed by atoms with E-state index in [0.29, 0.717) is 5.75 Å². The molecule has 2 rings (SSSR count). The second kappa shape index (κ2) is 4.44. The van der Waals surface area contributed by atoms with E-state index in [-0.39, 0.29) is 24.1 Å². The Morgan fingerprint density at radius 2 is 2.56 bits per heavy atom. The molecule has 88 valence electrons. The van der Waals surface area contributed by atoms with Gasteiger partial charge in [-0.1, -0.05) is 0 Å². The average molecular weight is 243 g/mol. The third-order valence-corrected chi connectivity index (χ3v) is 3.48. The molecule has 1 fully saturated rings. The van der Waals surface area contributed by atoms with Crippen LogP contribution in [0.4, 0.5) is 5.82 Å². The number of hydrogen-bond donors (Lipinski definition) is 2. The molecule has 0 aliphatic carbocycles. The topological polar surface area (TPSA) is 90.4 Å². The summed E-state index contributed by atoms with van der Waals surface area (Å²) < 4.78 is 6.88. The Labute approximate surface area is 96.4 Å². The second-order valence-corrected chi connectivity index (χ2v) is 4.73. The van der Waals surface area contributed by atoms with Crippen LogP contribution >= 0.6 is 11.8 Å². The lowest BCUT2D eigenvalue weighted by atomic mass is 10.3. The van der Waals surface area contributed by atoms with Gasteiger partial charge in [-0.25, -0.2) is 4.79 Å². The molecule has 1 aliphatic rings. The molecular formula is C9H13N3O3S. The molecule has 16 heavy (non-hydrogen) atoms. The molecule has 0 radical (unpaired) electrons. The summed E-state index contributed by atoms with van der Waals surface area (Å²) >= 11 is 1.47. The maximum absolute atomic E-state index is 11.6. The van der Waals surface area contributed by atoms with Gasteiger partial charge >= 0.3 is 5.69 Å². The predicted molar refractivity (Wildman–Crippen MR) is 61.1 cm³/mol. The summed E-state index contributed by atoms with van der Waals surface area (Å²) in [6.45, 7) is 1.72. The van der Waals surface area contributed by atoms with Crippen molar-refractivity contribution in [1.82, 2.24) is 9.55 Å². The minimum absolute atomic E-state index is 0.0582. The van der Waals surface area contributed by atoms with Crippen LogP contribution in [0.5, 0.6) is 0 Å². The van der Waals surface area contributed by atoms with E-state index in [0.717, 1.165) is 5.56 Å². The zero-order valence-corrected chi connectivity index (χ0v) is 9.61. The summed E-state index contributed by atoms with van der Waals surface area (Å²) in [5, 5.41) is 8.93. The highest BCUT2D eigenvalue weighted by atomic mass is 32.2. The molecule has 3 N–H and O–H groups in total. The molecule has 7 heteroatoms. The zero-order chi connectivity index (χ0) is 11.7. The van der Waals surface area contributed by atoms with Crippen molar-refractivity contribution in [2.75, 3.05) is 18.1 Å². The van der Waals surface area contributed by atoms with Gasteiger partial charge in [0.15, 0.2) is 0 Å². The van der Waals surface area contributed by atoms with Crippen LogP contribution in [0.25, 0.3) is 0 Å². The molecule has 0 spiro atoms. The standard InChI is InChI=1S/C9H13N3O3S/c1-5-2-12(9(14)11-8(5)10)6-4-16-7(3-13)15-6/h2,6-7,13H,3-4H2,1H3,(H2,10,11,14)/t6-,7+/m1/s1. The highest BCUT2D eigenvalue weighted by Gasteiger charge is 2.27. The van der Waals surface area contributed by atoms with E-state index < -0.39 is 5.69 Å². The maximum atomic E-state index is 11.6. The van der Waals surface area contributed by atoms with Gasteiger partial charge in [0.2, 0.25) is 0 Å². The van der Waals surface area contributed by atoms with Gasteiger partial charge in [0, 0.05) is 17.5 Å². The summed E-state index contributed by atoms with van der Waals surface area (Å²) in [4.78, 5) is 15.3. The molecule has 0 aromatic carbocycles. The van der Waals surface area contributed by atoms with E-state index in [2.05, 4.69) is 4.98 Å². The van der Waals surface area contributed by atoms with Crippen LogP contribution in [0.15, 0.2) is 11.0 Å². The number of nitrogen functional groups attached to an aromatic ring is 1. The largest absolute Gasteiger partial charge is 0.393 e. The van der Waals surface area contributed by atoms with Crippen LogP contribution in [0.1, 0.15) is 11.8 Å². The van der Waals surface area contributed by atoms with Gasteiger partial charge in [-0.3, -0.25) is 4.57 Å². The van der Waals surface area contributed by atoms with Crippen molar-refractivity contribution >= 4 is 17.6 Å². The van der Waals surface area contributed by atoms with E-state index in [4.69, 9.17) is 15.6 Å². The predicted octanol–water partition coefficient (Wildman–Crippen LogP) is -0.286. The molecule has 0 saturated carbocycles. The van der Waals surface area contributed by atoms with Crippen molar-refractivity contribution in [3.63, 3.8) is 0 Å². The number of rotatable bonds is 2. The molecule has 0 bridgehead atoms. The quantitative estimate of drug-likeness (QED) is 0.742. The number of thioether (sulfide) groups is 1. The van der Waals surface area contributed by atoms with Crippen LogP contribution in [0, 0.1) is 6.92 Å². The smallest absolute Gasteiger partial charge is 0.351 e. The van der Waals surface area contributed by atoms with Crippen molar-refractivity contribution in [3.05, 3.63) is 22.2 Å².